The summed E-state index contributed by atoms with van der Waals surface area (Å²) in [5, 5.41) is 12.7. The molecule has 2 aromatic rings. The van der Waals surface area contributed by atoms with Crippen molar-refractivity contribution in [3.05, 3.63) is 65.0 Å². The van der Waals surface area contributed by atoms with Gasteiger partial charge in [0.2, 0.25) is 0 Å². The largest absolute Gasteiger partial charge is 0.464 e. The van der Waals surface area contributed by atoms with E-state index >= 15 is 0 Å². The highest BCUT2D eigenvalue weighted by molar-refractivity contribution is 5.94. The van der Waals surface area contributed by atoms with Gasteiger partial charge in [0.25, 0.3) is 0 Å². The molecule has 2 rings (SSSR count). The van der Waals surface area contributed by atoms with Crippen molar-refractivity contribution in [2.45, 2.75) is 0 Å². The number of amides is 1. The van der Waals surface area contributed by atoms with Crippen molar-refractivity contribution in [1.29, 1.82) is 0 Å². The lowest BCUT2D eigenvalue weighted by molar-refractivity contribution is 0.205. The predicted octanol–water partition coefficient (Wildman–Crippen LogP) is 4.44. The molecule has 0 aliphatic carbocycles. The van der Waals surface area contributed by atoms with Gasteiger partial charge in [-0.2, -0.15) is 0 Å². The van der Waals surface area contributed by atoms with Crippen LogP contribution in [0.15, 0.2) is 59.7 Å². The van der Waals surface area contributed by atoms with Gasteiger partial charge in [-0.25, -0.2) is 9.69 Å². The molecule has 0 unspecified atom stereocenters. The Bertz CT molecular complexity index is 619. The van der Waals surface area contributed by atoms with Crippen LogP contribution < -0.4 is 4.90 Å². The van der Waals surface area contributed by atoms with Crippen LogP contribution in [0.1, 0.15) is 0 Å². The molecule has 0 saturated carbocycles. The van der Waals surface area contributed by atoms with E-state index in [-0.39, 0.29) is 0 Å². The Balaban J connectivity index is 2.40. The molecule has 0 radical (unpaired) electrons. The number of anilines is 2. The number of benzene rings is 2. The average Bonchev–Trinajstić information content (AvgIpc) is 2.42. The van der Waals surface area contributed by atoms with Gasteiger partial charge in [-0.1, -0.05) is 35.4 Å². The van der Waals surface area contributed by atoms with Crippen LogP contribution in [-0.2, 0) is 0 Å². The first kappa shape index (κ1) is 12.5. The number of azide groups is 1. The first-order valence-corrected chi connectivity index (χ1v) is 5.45. The Morgan fingerprint density at radius 3 is 2.16 bits per heavy atom. The van der Waals surface area contributed by atoms with E-state index in [1.807, 2.05) is 6.07 Å². The molecule has 0 aromatic heterocycles. The third-order valence-corrected chi connectivity index (χ3v) is 2.47. The molecule has 19 heavy (non-hydrogen) atoms. The molecular formula is C13H10N4O2. The molecule has 0 bridgehead atoms. The fourth-order valence-corrected chi connectivity index (χ4v) is 1.67. The topological polar surface area (TPSA) is 89.3 Å². The Morgan fingerprint density at radius 1 is 1.05 bits per heavy atom. The Hall–Kier alpha value is -2.98. The van der Waals surface area contributed by atoms with Crippen LogP contribution in [0.5, 0.6) is 0 Å². The maximum Gasteiger partial charge on any atom is 0.416 e. The van der Waals surface area contributed by atoms with E-state index < -0.39 is 6.09 Å². The molecular weight excluding hydrogens is 244 g/mol. The van der Waals surface area contributed by atoms with E-state index in [2.05, 4.69) is 10.0 Å². The van der Waals surface area contributed by atoms with Crippen molar-refractivity contribution >= 4 is 23.2 Å². The van der Waals surface area contributed by atoms with Crippen molar-refractivity contribution in [2.24, 2.45) is 5.11 Å². The van der Waals surface area contributed by atoms with E-state index in [0.717, 1.165) is 4.90 Å². The predicted molar refractivity (Wildman–Crippen MR) is 71.9 cm³/mol. The second-order valence-electron chi connectivity index (χ2n) is 3.66. The molecule has 0 atom stereocenters. The van der Waals surface area contributed by atoms with E-state index in [9.17, 15) is 9.90 Å². The summed E-state index contributed by atoms with van der Waals surface area (Å²) in [6.45, 7) is 0. The minimum absolute atomic E-state index is 0.435. The molecule has 0 fully saturated rings. The summed E-state index contributed by atoms with van der Waals surface area (Å²) in [7, 11) is 0. The SMILES string of the molecule is [N-]=[N+]=Nc1ccc(N(C(=O)O)c2ccccc2)cc1. The van der Waals surface area contributed by atoms with Crippen molar-refractivity contribution in [3.8, 4) is 0 Å². The molecule has 6 heteroatoms. The maximum absolute atomic E-state index is 11.4. The number of carboxylic acid groups (broad SMARTS) is 1. The number of hydrogen-bond donors (Lipinski definition) is 1. The van der Waals surface area contributed by atoms with Crippen LogP contribution in [0.3, 0.4) is 0 Å². The number of hydrogen-bond acceptors (Lipinski definition) is 2. The van der Waals surface area contributed by atoms with E-state index in [4.69, 9.17) is 5.53 Å². The molecule has 94 valence electrons. The van der Waals surface area contributed by atoms with Crippen molar-refractivity contribution in [1.82, 2.24) is 0 Å². The van der Waals surface area contributed by atoms with Crippen LogP contribution in [0, 0.1) is 0 Å². The molecule has 0 spiro atoms. The maximum atomic E-state index is 11.4. The van der Waals surface area contributed by atoms with Gasteiger partial charge in [-0.15, -0.1) is 0 Å². The lowest BCUT2D eigenvalue weighted by Crippen LogP contribution is -2.23. The van der Waals surface area contributed by atoms with Gasteiger partial charge in [0.05, 0.1) is 11.4 Å². The standard InChI is InChI=1S/C13H10N4O2/c14-16-15-10-6-8-12(9-7-10)17(13(18)19)11-4-2-1-3-5-11/h1-9H,(H,18,19). The summed E-state index contributed by atoms with van der Waals surface area (Å²) in [5.41, 5.74) is 9.78. The molecule has 0 aliphatic heterocycles. The first-order chi connectivity index (χ1) is 9.22. The van der Waals surface area contributed by atoms with Crippen LogP contribution in [-0.4, -0.2) is 11.2 Å². The Kier molecular flexibility index (Phi) is 3.66. The van der Waals surface area contributed by atoms with Crippen LogP contribution in [0.2, 0.25) is 0 Å². The van der Waals surface area contributed by atoms with Crippen molar-refractivity contribution in [2.75, 3.05) is 4.90 Å². The smallest absolute Gasteiger partial charge is 0.416 e. The monoisotopic (exact) mass is 254 g/mol. The first-order valence-electron chi connectivity index (χ1n) is 5.45. The molecule has 1 N–H and O–H groups in total. The third kappa shape index (κ3) is 2.83. The third-order valence-electron chi connectivity index (χ3n) is 2.47. The lowest BCUT2D eigenvalue weighted by atomic mass is 10.2. The van der Waals surface area contributed by atoms with Gasteiger partial charge in [0.15, 0.2) is 0 Å². The lowest BCUT2D eigenvalue weighted by Gasteiger charge is -2.19. The average molecular weight is 254 g/mol. The summed E-state index contributed by atoms with van der Waals surface area (Å²) < 4.78 is 0. The normalized spacial score (nSPS) is 9.47. The van der Waals surface area contributed by atoms with Gasteiger partial charge in [0, 0.05) is 10.6 Å². The zero-order valence-electron chi connectivity index (χ0n) is 9.84. The van der Waals surface area contributed by atoms with Gasteiger partial charge >= 0.3 is 6.09 Å². The number of rotatable bonds is 3. The van der Waals surface area contributed by atoms with Gasteiger partial charge in [-0.05, 0) is 29.8 Å². The molecule has 0 heterocycles. The highest BCUT2D eigenvalue weighted by Gasteiger charge is 2.15. The quantitative estimate of drug-likeness (QED) is 0.498. The Morgan fingerprint density at radius 2 is 1.63 bits per heavy atom. The minimum Gasteiger partial charge on any atom is -0.464 e. The highest BCUT2D eigenvalue weighted by atomic mass is 16.4. The fraction of sp³-hybridized carbons (Fsp3) is 0. The summed E-state index contributed by atoms with van der Waals surface area (Å²) in [6, 6.07) is 15.1. The zero-order valence-corrected chi connectivity index (χ0v) is 9.84. The van der Waals surface area contributed by atoms with Crippen LogP contribution >= 0.6 is 0 Å². The van der Waals surface area contributed by atoms with Crippen molar-refractivity contribution < 1.29 is 9.90 Å². The fourth-order valence-electron chi connectivity index (χ4n) is 1.67. The van der Waals surface area contributed by atoms with E-state index in [1.165, 1.54) is 0 Å². The highest BCUT2D eigenvalue weighted by Crippen LogP contribution is 2.27. The molecule has 2 aromatic carbocycles. The summed E-state index contributed by atoms with van der Waals surface area (Å²) >= 11 is 0. The Labute approximate surface area is 109 Å². The van der Waals surface area contributed by atoms with Crippen LogP contribution in [0.25, 0.3) is 10.4 Å². The van der Waals surface area contributed by atoms with Crippen molar-refractivity contribution in [3.63, 3.8) is 0 Å². The second kappa shape index (κ2) is 5.57. The molecule has 0 saturated heterocycles. The second-order valence-corrected chi connectivity index (χ2v) is 3.66. The van der Waals surface area contributed by atoms with Gasteiger partial charge < -0.3 is 5.11 Å². The summed E-state index contributed by atoms with van der Waals surface area (Å²) in [4.78, 5) is 15.2. The van der Waals surface area contributed by atoms with Gasteiger partial charge in [0.1, 0.15) is 0 Å². The summed E-state index contributed by atoms with van der Waals surface area (Å²) in [5.74, 6) is 0. The zero-order chi connectivity index (χ0) is 13.7. The summed E-state index contributed by atoms with van der Waals surface area (Å²) in [6.07, 6.45) is -1.08. The van der Waals surface area contributed by atoms with Crippen LogP contribution in [0.4, 0.5) is 21.9 Å². The molecule has 6 nitrogen and oxygen atoms in total. The number of nitrogens with zero attached hydrogens (tertiary/aromatic N) is 4. The van der Waals surface area contributed by atoms with E-state index in [1.54, 1.807) is 48.5 Å². The number of carbonyl (C=O) groups is 1. The minimum atomic E-state index is -1.08. The molecule has 1 amide bonds. The van der Waals surface area contributed by atoms with Gasteiger partial charge in [-0.3, -0.25) is 0 Å². The number of para-hydroxylation sites is 1. The molecule has 0 aliphatic rings. The van der Waals surface area contributed by atoms with E-state index in [0.29, 0.717) is 17.1 Å².